The van der Waals surface area contributed by atoms with Gasteiger partial charge in [0.2, 0.25) is 0 Å². The summed E-state index contributed by atoms with van der Waals surface area (Å²) >= 11 is 0. The van der Waals surface area contributed by atoms with Crippen molar-refractivity contribution >= 4 is 16.9 Å². The van der Waals surface area contributed by atoms with E-state index in [9.17, 15) is 9.59 Å². The Bertz CT molecular complexity index is 644. The minimum Gasteiger partial charge on any atom is -0.493 e. The molecule has 106 valence electrons. The lowest BCUT2D eigenvalue weighted by Gasteiger charge is -2.07. The van der Waals surface area contributed by atoms with E-state index in [1.165, 1.54) is 13.2 Å². The molecule has 1 aromatic carbocycles. The number of rotatable bonds is 6. The number of esters is 1. The highest BCUT2D eigenvalue weighted by molar-refractivity contribution is 5.82. The average molecular weight is 276 g/mol. The summed E-state index contributed by atoms with van der Waals surface area (Å²) in [5, 5.41) is 0.764. The summed E-state index contributed by atoms with van der Waals surface area (Å²) in [5.74, 6) is 0.283. The highest BCUT2D eigenvalue weighted by atomic mass is 16.5. The summed E-state index contributed by atoms with van der Waals surface area (Å²) in [6.07, 6.45) is 1.77. The molecule has 5 nitrogen and oxygen atoms in total. The van der Waals surface area contributed by atoms with E-state index < -0.39 is 5.63 Å². The zero-order valence-corrected chi connectivity index (χ0v) is 11.3. The maximum absolute atomic E-state index is 11.4. The first kappa shape index (κ1) is 14.1. The quantitative estimate of drug-likeness (QED) is 0.461. The van der Waals surface area contributed by atoms with Crippen LogP contribution in [-0.2, 0) is 9.53 Å². The number of para-hydroxylation sites is 1. The Morgan fingerprint density at radius 1 is 1.25 bits per heavy atom. The molecular formula is C15H16O5. The SMILES string of the molecule is COC(=O)CCCCOc1cc(=O)oc2ccccc12. The van der Waals surface area contributed by atoms with Crippen molar-refractivity contribution < 1.29 is 18.7 Å². The van der Waals surface area contributed by atoms with Crippen LogP contribution in [0.2, 0.25) is 0 Å². The summed E-state index contributed by atoms with van der Waals surface area (Å²) in [6.45, 7) is 0.435. The number of hydrogen-bond donors (Lipinski definition) is 0. The third-order valence-corrected chi connectivity index (χ3v) is 2.87. The second-order valence-electron chi connectivity index (χ2n) is 4.31. The molecule has 0 saturated heterocycles. The van der Waals surface area contributed by atoms with E-state index in [-0.39, 0.29) is 5.97 Å². The Balaban J connectivity index is 1.96. The maximum atomic E-state index is 11.4. The highest BCUT2D eigenvalue weighted by Gasteiger charge is 2.06. The van der Waals surface area contributed by atoms with Crippen LogP contribution in [0.15, 0.2) is 39.5 Å². The highest BCUT2D eigenvalue weighted by Crippen LogP contribution is 2.23. The zero-order valence-electron chi connectivity index (χ0n) is 11.3. The van der Waals surface area contributed by atoms with Crippen LogP contribution in [0.1, 0.15) is 19.3 Å². The Morgan fingerprint density at radius 3 is 2.85 bits per heavy atom. The zero-order chi connectivity index (χ0) is 14.4. The molecule has 1 heterocycles. The Labute approximate surface area is 116 Å². The monoisotopic (exact) mass is 276 g/mol. The molecule has 0 spiro atoms. The molecule has 5 heteroatoms. The predicted molar refractivity (Wildman–Crippen MR) is 73.8 cm³/mol. The van der Waals surface area contributed by atoms with Crippen molar-refractivity contribution in [3.63, 3.8) is 0 Å². The number of fused-ring (bicyclic) bond motifs is 1. The van der Waals surface area contributed by atoms with E-state index in [1.807, 2.05) is 12.1 Å². The molecule has 0 atom stereocenters. The lowest BCUT2D eigenvalue weighted by molar-refractivity contribution is -0.140. The van der Waals surface area contributed by atoms with Crippen molar-refractivity contribution in [1.29, 1.82) is 0 Å². The van der Waals surface area contributed by atoms with Gasteiger partial charge in [-0.1, -0.05) is 12.1 Å². The Hall–Kier alpha value is -2.30. The van der Waals surface area contributed by atoms with E-state index in [0.717, 1.165) is 5.39 Å². The Kier molecular flexibility index (Phi) is 4.76. The van der Waals surface area contributed by atoms with Gasteiger partial charge in [-0.05, 0) is 25.0 Å². The number of carbonyl (C=O) groups is 1. The van der Waals surface area contributed by atoms with Crippen molar-refractivity contribution in [3.8, 4) is 5.75 Å². The van der Waals surface area contributed by atoms with Crippen LogP contribution < -0.4 is 10.4 Å². The van der Waals surface area contributed by atoms with Crippen LogP contribution in [0.3, 0.4) is 0 Å². The minimum atomic E-state index is -0.437. The first-order chi connectivity index (χ1) is 9.70. The van der Waals surface area contributed by atoms with Gasteiger partial charge < -0.3 is 13.9 Å². The molecule has 0 radical (unpaired) electrons. The first-order valence-corrected chi connectivity index (χ1v) is 6.43. The van der Waals surface area contributed by atoms with E-state index >= 15 is 0 Å². The fraction of sp³-hybridized carbons (Fsp3) is 0.333. The topological polar surface area (TPSA) is 65.7 Å². The van der Waals surface area contributed by atoms with Crippen LogP contribution in [-0.4, -0.2) is 19.7 Å². The number of hydrogen-bond acceptors (Lipinski definition) is 5. The lowest BCUT2D eigenvalue weighted by Crippen LogP contribution is -2.05. The molecular weight excluding hydrogens is 260 g/mol. The summed E-state index contributed by atoms with van der Waals surface area (Å²) in [7, 11) is 1.37. The normalized spacial score (nSPS) is 10.4. The van der Waals surface area contributed by atoms with Crippen molar-refractivity contribution in [2.24, 2.45) is 0 Å². The van der Waals surface area contributed by atoms with E-state index in [4.69, 9.17) is 9.15 Å². The van der Waals surface area contributed by atoms with Crippen molar-refractivity contribution in [1.82, 2.24) is 0 Å². The van der Waals surface area contributed by atoms with Gasteiger partial charge >= 0.3 is 11.6 Å². The summed E-state index contributed by atoms with van der Waals surface area (Å²) in [5.41, 5.74) is 0.0674. The summed E-state index contributed by atoms with van der Waals surface area (Å²) in [6, 6.07) is 8.55. The van der Waals surface area contributed by atoms with Gasteiger partial charge in [0.15, 0.2) is 0 Å². The van der Waals surface area contributed by atoms with Gasteiger partial charge in [-0.25, -0.2) is 4.79 Å². The average Bonchev–Trinajstić information content (AvgIpc) is 2.46. The van der Waals surface area contributed by atoms with Gasteiger partial charge in [-0.2, -0.15) is 0 Å². The van der Waals surface area contributed by atoms with E-state index in [2.05, 4.69) is 4.74 Å². The fourth-order valence-corrected chi connectivity index (χ4v) is 1.86. The van der Waals surface area contributed by atoms with E-state index in [1.54, 1.807) is 12.1 Å². The summed E-state index contributed by atoms with van der Waals surface area (Å²) < 4.78 is 15.2. The van der Waals surface area contributed by atoms with Crippen molar-refractivity contribution in [2.75, 3.05) is 13.7 Å². The maximum Gasteiger partial charge on any atom is 0.339 e. The molecule has 0 amide bonds. The molecule has 0 saturated carbocycles. The molecule has 2 rings (SSSR count). The standard InChI is InChI=1S/C15H16O5/c1-18-14(16)8-4-5-9-19-13-10-15(17)20-12-7-3-2-6-11(12)13/h2-3,6-7,10H,4-5,8-9H2,1H3. The van der Waals surface area contributed by atoms with Crippen LogP contribution in [0, 0.1) is 0 Å². The van der Waals surface area contributed by atoms with Crippen molar-refractivity contribution in [2.45, 2.75) is 19.3 Å². The molecule has 0 aliphatic carbocycles. The molecule has 1 aromatic heterocycles. The number of benzene rings is 1. The summed E-state index contributed by atoms with van der Waals surface area (Å²) in [4.78, 5) is 22.4. The van der Waals surface area contributed by atoms with Gasteiger partial charge in [0.25, 0.3) is 0 Å². The number of ether oxygens (including phenoxy) is 2. The predicted octanol–water partition coefficient (Wildman–Crippen LogP) is 2.52. The smallest absolute Gasteiger partial charge is 0.339 e. The molecule has 0 bridgehead atoms. The molecule has 0 fully saturated rings. The third kappa shape index (κ3) is 3.60. The van der Waals surface area contributed by atoms with Gasteiger partial charge in [0, 0.05) is 6.42 Å². The number of carbonyl (C=O) groups excluding carboxylic acids is 1. The molecule has 2 aromatic rings. The van der Waals surface area contributed by atoms with Crippen LogP contribution >= 0.6 is 0 Å². The molecule has 0 aliphatic heterocycles. The van der Waals surface area contributed by atoms with Crippen molar-refractivity contribution in [3.05, 3.63) is 40.8 Å². The Morgan fingerprint density at radius 2 is 2.05 bits per heavy atom. The van der Waals surface area contributed by atoms with Gasteiger partial charge in [-0.3, -0.25) is 4.79 Å². The van der Waals surface area contributed by atoms with Gasteiger partial charge in [0.05, 0.1) is 25.2 Å². The minimum absolute atomic E-state index is 0.226. The second-order valence-corrected chi connectivity index (χ2v) is 4.31. The fourth-order valence-electron chi connectivity index (χ4n) is 1.86. The second kappa shape index (κ2) is 6.75. The van der Waals surface area contributed by atoms with Gasteiger partial charge in [-0.15, -0.1) is 0 Å². The van der Waals surface area contributed by atoms with Gasteiger partial charge in [0.1, 0.15) is 11.3 Å². The third-order valence-electron chi connectivity index (χ3n) is 2.87. The molecule has 0 aliphatic rings. The number of unbranched alkanes of at least 4 members (excludes halogenated alkanes) is 1. The molecule has 0 unspecified atom stereocenters. The van der Waals surface area contributed by atoms with Crippen LogP contribution in [0.25, 0.3) is 11.0 Å². The van der Waals surface area contributed by atoms with Crippen LogP contribution in [0.4, 0.5) is 0 Å². The first-order valence-electron chi connectivity index (χ1n) is 6.43. The largest absolute Gasteiger partial charge is 0.493 e. The molecule has 0 N–H and O–H groups in total. The van der Waals surface area contributed by atoms with Crippen LogP contribution in [0.5, 0.6) is 5.75 Å². The molecule has 20 heavy (non-hydrogen) atoms. The number of methoxy groups -OCH3 is 1. The van der Waals surface area contributed by atoms with E-state index in [0.29, 0.717) is 37.2 Å². The lowest BCUT2D eigenvalue weighted by atomic mass is 10.2.